The molecule has 0 aromatic rings. The van der Waals surface area contributed by atoms with E-state index < -0.39 is 7.81 Å². The summed E-state index contributed by atoms with van der Waals surface area (Å²) in [5.74, 6) is 14.3. The average molecular weight is 967 g/mol. The Kier molecular flexibility index (Phi) is 87.1. The van der Waals surface area contributed by atoms with Crippen molar-refractivity contribution in [3.63, 3.8) is 0 Å². The standard InChI is InChI=1S/C4H8O.C4H12Se4Si.2CH4Se.CH4.CH3.Cl4Si.3Li.H2Se/c1-2-4-5-3-1;1-5-9(6-2,7-3)8-4;2*1-2;;;1-5(2,3)4;;;;/h1-4H2;1-4H3;2*2H,1H3;1H4;1H3;;;;;1H2/q;;;;;-1;;3*+1;/p-2. The van der Waals surface area contributed by atoms with Crippen molar-refractivity contribution < 1.29 is 23.6 Å². The van der Waals surface area contributed by atoms with Gasteiger partial charge in [-0.3, -0.25) is 0 Å². The van der Waals surface area contributed by atoms with Gasteiger partial charge in [0.05, 0.1) is 0 Å². The molecule has 1 saturated heterocycles. The van der Waals surface area contributed by atoms with Crippen molar-refractivity contribution >= 4 is 184 Å². The molecule has 29 heavy (non-hydrogen) atoms. The van der Waals surface area contributed by atoms with Crippen LogP contribution >= 0.6 is 44.3 Å². The zero-order chi connectivity index (χ0) is 20.8. The van der Waals surface area contributed by atoms with E-state index in [0.29, 0.717) is 0 Å². The molecule has 0 aliphatic carbocycles. The molecule has 0 bridgehead atoms. The molecule has 1 aliphatic rings. The van der Waals surface area contributed by atoms with Gasteiger partial charge < -0.3 is 12.2 Å². The summed E-state index contributed by atoms with van der Waals surface area (Å²) >= 11 is 30.2. The zero-order valence-electron chi connectivity index (χ0n) is 18.7. The molecule has 0 radical (unpaired) electrons. The summed E-state index contributed by atoms with van der Waals surface area (Å²) in [4.78, 5) is 0. The fraction of sp³-hybridized carbons (Fsp3) is 0.917. The average Bonchev–Trinajstić information content (AvgIpc) is 3.10. The van der Waals surface area contributed by atoms with E-state index in [-0.39, 0.29) is 50.8 Å². The fourth-order valence-electron chi connectivity index (χ4n) is 1.01. The van der Waals surface area contributed by atoms with Crippen molar-refractivity contribution in [1.82, 2.24) is 0 Å². The van der Waals surface area contributed by atoms with Crippen molar-refractivity contribution in [2.45, 2.75) is 55.2 Å². The van der Waals surface area contributed by atoms with E-state index in [9.17, 15) is 0 Å². The molecule has 0 spiro atoms. The van der Waals surface area contributed by atoms with Gasteiger partial charge in [-0.15, -0.1) is 44.3 Å². The van der Waals surface area contributed by atoms with Crippen molar-refractivity contribution in [2.75, 3.05) is 13.2 Å². The third kappa shape index (κ3) is 66.2. The summed E-state index contributed by atoms with van der Waals surface area (Å²) in [7, 11) is 0. The molecule has 17 heteroatoms. The van der Waals surface area contributed by atoms with Gasteiger partial charge in [-0.2, -0.15) is 0 Å². The molecule has 0 N–H and O–H groups in total. The number of halogens is 4. The number of ether oxygens (including phenoxy) is 1. The maximum absolute atomic E-state index is 4.97. The van der Waals surface area contributed by atoms with E-state index in [0.717, 1.165) is 96.0 Å². The molecule has 1 nitrogen and oxygen atoms in total. The second-order valence-electron chi connectivity index (χ2n) is 3.88. The molecular formula is C12H35Cl4Li3OSe7Si2. The van der Waals surface area contributed by atoms with Crippen LogP contribution in [-0.4, -0.2) is 152 Å². The Balaban J connectivity index is -0.0000000325. The molecule has 0 aromatic carbocycles. The predicted molar refractivity (Wildman–Crippen MR) is 158 cm³/mol. The van der Waals surface area contributed by atoms with E-state index in [1.807, 2.05) is 0 Å². The molecule has 1 rings (SSSR count). The van der Waals surface area contributed by atoms with Crippen LogP contribution in [0.4, 0.5) is 0 Å². The molecule has 1 heterocycles. The van der Waals surface area contributed by atoms with Crippen LogP contribution in [0.1, 0.15) is 20.3 Å². The minimum absolute atomic E-state index is 0. The van der Waals surface area contributed by atoms with Crippen LogP contribution in [0.3, 0.4) is 0 Å². The molecule has 1 fully saturated rings. The van der Waals surface area contributed by atoms with Crippen LogP contribution in [0.2, 0.25) is 34.9 Å². The normalized spacial score (nSPS) is 11.2. The number of hydrogen-bond acceptors (Lipinski definition) is 1. The summed E-state index contributed by atoms with van der Waals surface area (Å²) in [5.41, 5.74) is 0. The third-order valence-electron chi connectivity index (χ3n) is 1.83. The number of hydrogen-bond donors (Lipinski definition) is 0. The van der Waals surface area contributed by atoms with E-state index in [1.54, 1.807) is 0 Å². The van der Waals surface area contributed by atoms with Crippen LogP contribution in [0, 0.1) is 7.43 Å². The molecular weight excluding hydrogens is 932 g/mol. The van der Waals surface area contributed by atoms with Gasteiger partial charge in [0, 0.05) is 13.2 Å². The van der Waals surface area contributed by atoms with E-state index >= 15 is 0 Å². The first-order chi connectivity index (χ1) is 11.6. The SMILES string of the molecule is C.C1CCOC1.C[Se][Si]([Se]C)([Se]C)[Se]C.Cl[Si](Cl)(Cl)Cl.[CH3-].[Li+].[Li][Se]C.[Li][Se]C.[SeH2]. The second kappa shape index (κ2) is 44.9. The summed E-state index contributed by atoms with van der Waals surface area (Å²) in [6, 6.07) is 0. The van der Waals surface area contributed by atoms with Gasteiger partial charge in [0.2, 0.25) is 0 Å². The Morgan fingerprint density at radius 2 is 0.897 bits per heavy atom. The summed E-state index contributed by atoms with van der Waals surface area (Å²) in [5, 5.41) is -2.72. The number of rotatable bonds is 4. The van der Waals surface area contributed by atoms with Crippen LogP contribution in [0.15, 0.2) is 0 Å². The third-order valence-corrected chi connectivity index (χ3v) is 81.8. The Hall–Kier alpha value is 6.98. The van der Waals surface area contributed by atoms with Crippen LogP contribution in [0.5, 0.6) is 0 Å². The van der Waals surface area contributed by atoms with Crippen LogP contribution < -0.4 is 18.9 Å². The van der Waals surface area contributed by atoms with Gasteiger partial charge in [-0.1, -0.05) is 7.43 Å². The monoisotopic (exact) mass is 972 g/mol. The van der Waals surface area contributed by atoms with Gasteiger partial charge in [-0.05, 0) is 12.8 Å². The van der Waals surface area contributed by atoms with Crippen LogP contribution in [-0.2, 0) is 4.74 Å². The molecule has 0 amide bonds. The Labute approximate surface area is 277 Å². The molecule has 0 atom stereocenters. The Morgan fingerprint density at radius 1 is 0.724 bits per heavy atom. The van der Waals surface area contributed by atoms with Gasteiger partial charge in [0.15, 0.2) is 0 Å². The first-order valence-corrected chi connectivity index (χ1v) is 38.6. The first kappa shape index (κ1) is 56.2. The topological polar surface area (TPSA) is 9.23 Å². The molecule has 0 unspecified atom stereocenters. The molecule has 170 valence electrons. The Morgan fingerprint density at radius 3 is 0.931 bits per heavy atom. The second-order valence-corrected chi connectivity index (χ2v) is 70.4. The quantitative estimate of drug-likeness (QED) is 0.226. The minimum atomic E-state index is -2.72. The van der Waals surface area contributed by atoms with Crippen LogP contribution in [0.25, 0.3) is 0 Å². The van der Waals surface area contributed by atoms with Crippen molar-refractivity contribution in [1.29, 1.82) is 0 Å². The summed E-state index contributed by atoms with van der Waals surface area (Å²) in [6.45, 7) is 2.00. The van der Waals surface area contributed by atoms with Gasteiger partial charge in [0.1, 0.15) is 0 Å². The molecule has 0 aromatic heterocycles. The zero-order valence-corrected chi connectivity index (χ0v) is 36.1. The molecule has 1 aliphatic heterocycles. The Bertz CT molecular complexity index is 219. The maximum atomic E-state index is 4.97. The van der Waals surface area contributed by atoms with E-state index in [1.165, 1.54) is 12.8 Å². The van der Waals surface area contributed by atoms with Gasteiger partial charge >= 0.3 is 193 Å². The van der Waals surface area contributed by atoms with E-state index in [2.05, 4.69) is 66.5 Å². The van der Waals surface area contributed by atoms with Crippen molar-refractivity contribution in [3.8, 4) is 0 Å². The molecule has 0 saturated carbocycles. The van der Waals surface area contributed by atoms with Gasteiger partial charge in [-0.25, -0.2) is 0 Å². The van der Waals surface area contributed by atoms with Gasteiger partial charge in [0.25, 0.3) is 0 Å². The predicted octanol–water partition coefficient (Wildman–Crippen LogP) is 0.424. The first-order valence-electron chi connectivity index (χ1n) is 6.92. The summed E-state index contributed by atoms with van der Waals surface area (Å²) < 4.78 is 4.50. The fourth-order valence-corrected chi connectivity index (χ4v) is 41.0. The van der Waals surface area contributed by atoms with Crippen molar-refractivity contribution in [2.24, 2.45) is 0 Å². The summed E-state index contributed by atoms with van der Waals surface area (Å²) in [6.07, 6.45) is 2.56. The van der Waals surface area contributed by atoms with Crippen molar-refractivity contribution in [3.05, 3.63) is 7.43 Å². The van der Waals surface area contributed by atoms with E-state index in [4.69, 9.17) is 49.1 Å².